The van der Waals surface area contributed by atoms with Crippen molar-refractivity contribution in [3.8, 4) is 5.75 Å². The van der Waals surface area contributed by atoms with Crippen LogP contribution in [0.2, 0.25) is 5.02 Å². The first-order valence-corrected chi connectivity index (χ1v) is 9.88. The molecule has 0 fully saturated rings. The van der Waals surface area contributed by atoms with E-state index >= 15 is 0 Å². The molecule has 0 aromatic heterocycles. The Balaban J connectivity index is 1.90. The second-order valence-corrected chi connectivity index (χ2v) is 8.28. The Bertz CT molecular complexity index is 975. The van der Waals surface area contributed by atoms with Crippen LogP contribution in [0.15, 0.2) is 41.3 Å². The van der Waals surface area contributed by atoms with E-state index in [-0.39, 0.29) is 16.8 Å². The van der Waals surface area contributed by atoms with Gasteiger partial charge in [-0.25, -0.2) is 8.42 Å². The number of hydrogen-bond acceptors (Lipinski definition) is 4. The third kappa shape index (κ3) is 3.37. The molecular formula is C18H19ClN2O4S. The van der Waals surface area contributed by atoms with Gasteiger partial charge in [0.2, 0.25) is 5.91 Å². The molecule has 0 spiro atoms. The summed E-state index contributed by atoms with van der Waals surface area (Å²) < 4.78 is 33.0. The molecule has 1 amide bonds. The highest BCUT2D eigenvalue weighted by molar-refractivity contribution is 7.92. The maximum Gasteiger partial charge on any atom is 0.261 e. The maximum atomic E-state index is 12.7. The van der Waals surface area contributed by atoms with Gasteiger partial charge in [-0.15, -0.1) is 0 Å². The number of rotatable bonds is 4. The van der Waals surface area contributed by atoms with E-state index in [1.807, 2.05) is 6.92 Å². The Morgan fingerprint density at radius 1 is 1.27 bits per heavy atom. The minimum atomic E-state index is -3.78. The molecular weight excluding hydrogens is 376 g/mol. The number of nitrogens with zero attached hydrogens (tertiary/aromatic N) is 1. The van der Waals surface area contributed by atoms with Gasteiger partial charge in [0, 0.05) is 18.7 Å². The van der Waals surface area contributed by atoms with E-state index in [2.05, 4.69) is 4.72 Å². The lowest BCUT2D eigenvalue weighted by molar-refractivity contribution is -0.116. The number of benzene rings is 2. The lowest BCUT2D eigenvalue weighted by Gasteiger charge is -2.20. The first-order chi connectivity index (χ1) is 12.2. The van der Waals surface area contributed by atoms with Gasteiger partial charge in [-0.3, -0.25) is 9.52 Å². The van der Waals surface area contributed by atoms with Gasteiger partial charge in [-0.2, -0.15) is 0 Å². The van der Waals surface area contributed by atoms with Crippen molar-refractivity contribution in [3.63, 3.8) is 0 Å². The van der Waals surface area contributed by atoms with E-state index in [9.17, 15) is 13.2 Å². The summed E-state index contributed by atoms with van der Waals surface area (Å²) in [4.78, 5) is 13.6. The summed E-state index contributed by atoms with van der Waals surface area (Å²) in [5.74, 6) is 0.406. The topological polar surface area (TPSA) is 75.7 Å². The zero-order valence-electron chi connectivity index (χ0n) is 14.6. The summed E-state index contributed by atoms with van der Waals surface area (Å²) in [6, 6.07) is 9.46. The first-order valence-electron chi connectivity index (χ1n) is 8.02. The van der Waals surface area contributed by atoms with Crippen LogP contribution in [-0.2, 0) is 21.2 Å². The van der Waals surface area contributed by atoms with Gasteiger partial charge in [0.05, 0.1) is 22.7 Å². The van der Waals surface area contributed by atoms with Crippen molar-refractivity contribution in [2.75, 3.05) is 16.7 Å². The summed E-state index contributed by atoms with van der Waals surface area (Å²) in [5.41, 5.74) is 1.94. The molecule has 0 aliphatic carbocycles. The summed E-state index contributed by atoms with van der Waals surface area (Å²) >= 11 is 6.05. The Kier molecular flexibility index (Phi) is 4.86. The smallest absolute Gasteiger partial charge is 0.261 e. The van der Waals surface area contributed by atoms with E-state index in [1.54, 1.807) is 29.2 Å². The molecule has 138 valence electrons. The van der Waals surface area contributed by atoms with E-state index < -0.39 is 10.0 Å². The number of fused-ring (bicyclic) bond motifs is 1. The lowest BCUT2D eigenvalue weighted by Crippen LogP contribution is -2.33. The minimum Gasteiger partial charge on any atom is -0.495 e. The van der Waals surface area contributed by atoms with Crippen molar-refractivity contribution in [3.05, 3.63) is 47.0 Å². The van der Waals surface area contributed by atoms with Gasteiger partial charge in [0.25, 0.3) is 10.0 Å². The zero-order chi connectivity index (χ0) is 19.1. The number of methoxy groups -OCH3 is 1. The molecule has 0 saturated carbocycles. The van der Waals surface area contributed by atoms with Crippen molar-refractivity contribution >= 4 is 38.9 Å². The Labute approximate surface area is 157 Å². The average molecular weight is 395 g/mol. The molecule has 1 aliphatic rings. The summed E-state index contributed by atoms with van der Waals surface area (Å²) in [6.45, 7) is 3.44. The number of carbonyl (C=O) groups excluding carboxylic acids is 1. The number of hydrogen-bond donors (Lipinski definition) is 1. The second kappa shape index (κ2) is 6.81. The van der Waals surface area contributed by atoms with Gasteiger partial charge in [0.1, 0.15) is 5.75 Å². The molecule has 1 unspecified atom stereocenters. The minimum absolute atomic E-state index is 0.00816. The van der Waals surface area contributed by atoms with Crippen LogP contribution in [0.5, 0.6) is 5.75 Å². The number of nitrogens with one attached hydrogen (secondary N) is 1. The van der Waals surface area contributed by atoms with E-state index in [0.29, 0.717) is 22.9 Å². The van der Waals surface area contributed by atoms with Crippen molar-refractivity contribution < 1.29 is 17.9 Å². The third-order valence-corrected chi connectivity index (χ3v) is 5.99. The number of amides is 1. The number of halogens is 1. The van der Waals surface area contributed by atoms with Gasteiger partial charge in [-0.1, -0.05) is 11.6 Å². The number of carbonyl (C=O) groups is 1. The molecule has 1 atom stereocenters. The highest BCUT2D eigenvalue weighted by Gasteiger charge is 2.30. The first kappa shape index (κ1) is 18.5. The molecule has 2 aromatic carbocycles. The van der Waals surface area contributed by atoms with Gasteiger partial charge in [0.15, 0.2) is 0 Å². The van der Waals surface area contributed by atoms with E-state index in [4.69, 9.17) is 16.3 Å². The molecule has 6 nitrogen and oxygen atoms in total. The second-order valence-electron chi connectivity index (χ2n) is 6.19. The molecule has 1 heterocycles. The highest BCUT2D eigenvalue weighted by Crippen LogP contribution is 2.34. The van der Waals surface area contributed by atoms with Crippen LogP contribution >= 0.6 is 11.6 Å². The van der Waals surface area contributed by atoms with Crippen LogP contribution in [0.1, 0.15) is 19.4 Å². The fourth-order valence-electron chi connectivity index (χ4n) is 3.20. The molecule has 1 aliphatic heterocycles. The van der Waals surface area contributed by atoms with Crippen LogP contribution in [0, 0.1) is 0 Å². The largest absolute Gasteiger partial charge is 0.495 e. The van der Waals surface area contributed by atoms with Crippen molar-refractivity contribution in [1.29, 1.82) is 0 Å². The van der Waals surface area contributed by atoms with Crippen molar-refractivity contribution in [2.24, 2.45) is 0 Å². The maximum absolute atomic E-state index is 12.7. The normalized spacial score (nSPS) is 16.3. The molecule has 2 aromatic rings. The third-order valence-electron chi connectivity index (χ3n) is 4.32. The zero-order valence-corrected chi connectivity index (χ0v) is 16.2. The Morgan fingerprint density at radius 2 is 2.00 bits per heavy atom. The SMILES string of the molecule is COc1ccc(NS(=O)(=O)c2ccc3c(c2)CC(C)N3C(C)=O)cc1Cl. The fraction of sp³-hybridized carbons (Fsp3) is 0.278. The molecule has 3 rings (SSSR count). The molecule has 8 heteroatoms. The van der Waals surface area contributed by atoms with Gasteiger partial charge >= 0.3 is 0 Å². The number of ether oxygens (including phenoxy) is 1. The predicted molar refractivity (Wildman–Crippen MR) is 102 cm³/mol. The Morgan fingerprint density at radius 3 is 2.62 bits per heavy atom. The van der Waals surface area contributed by atoms with Crippen LogP contribution in [0.4, 0.5) is 11.4 Å². The molecule has 0 bridgehead atoms. The quantitative estimate of drug-likeness (QED) is 0.861. The number of sulfonamides is 1. The van der Waals surface area contributed by atoms with Gasteiger partial charge in [-0.05, 0) is 55.3 Å². The molecule has 1 N–H and O–H groups in total. The average Bonchev–Trinajstić information content (AvgIpc) is 2.89. The standard InChI is InChI=1S/C18H19ClN2O4S/c1-11-8-13-9-15(5-6-17(13)21(11)12(2)22)26(23,24)20-14-4-7-18(25-3)16(19)10-14/h4-7,9-11,20H,8H2,1-3H3. The van der Waals surface area contributed by atoms with E-state index in [1.165, 1.54) is 26.2 Å². The van der Waals surface area contributed by atoms with Crippen LogP contribution in [-0.4, -0.2) is 27.5 Å². The van der Waals surface area contributed by atoms with Gasteiger partial charge < -0.3 is 9.64 Å². The van der Waals surface area contributed by atoms with Crippen LogP contribution in [0.3, 0.4) is 0 Å². The highest BCUT2D eigenvalue weighted by atomic mass is 35.5. The predicted octanol–water partition coefficient (Wildman–Crippen LogP) is 3.45. The summed E-state index contributed by atoms with van der Waals surface area (Å²) in [5, 5.41) is 0.313. The van der Waals surface area contributed by atoms with Crippen molar-refractivity contribution in [2.45, 2.75) is 31.2 Å². The van der Waals surface area contributed by atoms with Crippen molar-refractivity contribution in [1.82, 2.24) is 0 Å². The monoisotopic (exact) mass is 394 g/mol. The lowest BCUT2D eigenvalue weighted by atomic mass is 10.1. The van der Waals surface area contributed by atoms with Crippen LogP contribution < -0.4 is 14.4 Å². The summed E-state index contributed by atoms with van der Waals surface area (Å²) in [7, 11) is -2.29. The molecule has 0 radical (unpaired) electrons. The number of anilines is 2. The molecule has 0 saturated heterocycles. The summed E-state index contributed by atoms with van der Waals surface area (Å²) in [6.07, 6.45) is 0.618. The Hall–Kier alpha value is -2.25. The van der Waals surface area contributed by atoms with Crippen LogP contribution in [0.25, 0.3) is 0 Å². The fourth-order valence-corrected chi connectivity index (χ4v) is 4.56. The molecule has 26 heavy (non-hydrogen) atoms. The van der Waals surface area contributed by atoms with E-state index in [0.717, 1.165) is 11.3 Å².